The van der Waals surface area contributed by atoms with Crippen molar-refractivity contribution in [1.82, 2.24) is 4.98 Å². The molecule has 124 valence electrons. The van der Waals surface area contributed by atoms with Crippen LogP contribution in [0.4, 0.5) is 10.1 Å². The number of rotatable bonds is 4. The van der Waals surface area contributed by atoms with E-state index in [0.29, 0.717) is 16.8 Å². The Kier molecular flexibility index (Phi) is 4.66. The molecule has 1 amide bonds. The predicted molar refractivity (Wildman–Crippen MR) is 94.0 cm³/mol. The molecule has 0 atom stereocenters. The molecule has 25 heavy (non-hydrogen) atoms. The van der Waals surface area contributed by atoms with Crippen molar-refractivity contribution in [3.63, 3.8) is 0 Å². The van der Waals surface area contributed by atoms with E-state index in [0.717, 1.165) is 11.1 Å². The average molecular weight is 334 g/mol. The van der Waals surface area contributed by atoms with Crippen molar-refractivity contribution in [2.75, 3.05) is 5.32 Å². The molecule has 0 unspecified atom stereocenters. The normalized spacial score (nSPS) is 10.3. The van der Waals surface area contributed by atoms with Crippen LogP contribution in [0.5, 0.6) is 0 Å². The number of pyridine rings is 1. The maximum Gasteiger partial charge on any atom is 0.257 e. The van der Waals surface area contributed by atoms with Crippen LogP contribution in [0.1, 0.15) is 27.6 Å². The number of nitrogens with zero attached hydrogens (tertiary/aromatic N) is 1. The van der Waals surface area contributed by atoms with E-state index in [9.17, 15) is 14.0 Å². The zero-order chi connectivity index (χ0) is 17.8. The molecule has 3 rings (SSSR count). The summed E-state index contributed by atoms with van der Waals surface area (Å²) < 4.78 is 12.9. The number of hydrogen-bond donors (Lipinski definition) is 1. The van der Waals surface area contributed by atoms with E-state index in [1.165, 1.54) is 37.4 Å². The van der Waals surface area contributed by atoms with Crippen LogP contribution in [-0.2, 0) is 0 Å². The first-order valence-electron chi connectivity index (χ1n) is 7.66. The Labute approximate surface area is 144 Å². The highest BCUT2D eigenvalue weighted by molar-refractivity contribution is 6.04. The Morgan fingerprint density at radius 2 is 1.56 bits per heavy atom. The minimum atomic E-state index is -0.365. The molecule has 2 aromatic carbocycles. The van der Waals surface area contributed by atoms with Crippen molar-refractivity contribution in [3.8, 4) is 11.1 Å². The zero-order valence-corrected chi connectivity index (χ0v) is 13.5. The van der Waals surface area contributed by atoms with E-state index in [1.54, 1.807) is 24.4 Å². The molecule has 0 aliphatic carbocycles. The first-order valence-corrected chi connectivity index (χ1v) is 7.66. The van der Waals surface area contributed by atoms with Gasteiger partial charge in [-0.2, -0.15) is 0 Å². The van der Waals surface area contributed by atoms with Crippen LogP contribution in [-0.4, -0.2) is 16.7 Å². The number of amides is 1. The van der Waals surface area contributed by atoms with Crippen LogP contribution in [0.25, 0.3) is 11.1 Å². The van der Waals surface area contributed by atoms with Crippen molar-refractivity contribution < 1.29 is 14.0 Å². The third kappa shape index (κ3) is 3.95. The molecule has 0 saturated heterocycles. The van der Waals surface area contributed by atoms with Gasteiger partial charge in [0, 0.05) is 29.2 Å². The molecule has 0 bridgehead atoms. The molecule has 4 nitrogen and oxygen atoms in total. The lowest BCUT2D eigenvalue weighted by Crippen LogP contribution is -2.12. The quantitative estimate of drug-likeness (QED) is 0.722. The van der Waals surface area contributed by atoms with Crippen LogP contribution in [0.2, 0.25) is 0 Å². The number of halogens is 1. The molecular weight excluding hydrogens is 319 g/mol. The number of carbonyl (C=O) groups is 2. The maximum atomic E-state index is 12.9. The summed E-state index contributed by atoms with van der Waals surface area (Å²) in [6, 6.07) is 14.4. The Hall–Kier alpha value is -3.34. The van der Waals surface area contributed by atoms with Crippen LogP contribution >= 0.6 is 0 Å². The summed E-state index contributed by atoms with van der Waals surface area (Å²) in [7, 11) is 0. The third-order valence-corrected chi connectivity index (χ3v) is 3.73. The first-order chi connectivity index (χ1) is 12.0. The lowest BCUT2D eigenvalue weighted by molar-refractivity contribution is 0.101. The molecule has 3 aromatic rings. The number of hydrogen-bond acceptors (Lipinski definition) is 3. The van der Waals surface area contributed by atoms with E-state index in [2.05, 4.69) is 10.3 Å². The Bertz CT molecular complexity index is 919. The second-order valence-corrected chi connectivity index (χ2v) is 5.56. The van der Waals surface area contributed by atoms with Gasteiger partial charge in [0.05, 0.1) is 5.56 Å². The van der Waals surface area contributed by atoms with Crippen molar-refractivity contribution in [2.24, 2.45) is 0 Å². The lowest BCUT2D eigenvalue weighted by Gasteiger charge is -2.07. The number of carbonyl (C=O) groups excluding carboxylic acids is 2. The van der Waals surface area contributed by atoms with Gasteiger partial charge in [0.15, 0.2) is 5.78 Å². The lowest BCUT2D eigenvalue weighted by atomic mass is 10.0. The number of aromatic nitrogens is 1. The fraction of sp³-hybridized carbons (Fsp3) is 0.0500. The molecular formula is C20H15FN2O2. The zero-order valence-electron chi connectivity index (χ0n) is 13.5. The number of Topliss-reactive ketones (excluding diaryl/α,β-unsaturated/α-hetero) is 1. The highest BCUT2D eigenvalue weighted by Crippen LogP contribution is 2.21. The van der Waals surface area contributed by atoms with Gasteiger partial charge in [0.2, 0.25) is 0 Å². The highest BCUT2D eigenvalue weighted by Gasteiger charge is 2.09. The van der Waals surface area contributed by atoms with Crippen molar-refractivity contribution in [2.45, 2.75) is 6.92 Å². The van der Waals surface area contributed by atoms with Gasteiger partial charge < -0.3 is 5.32 Å². The van der Waals surface area contributed by atoms with Crippen LogP contribution in [0.3, 0.4) is 0 Å². The molecule has 0 spiro atoms. The Morgan fingerprint density at radius 3 is 2.20 bits per heavy atom. The standard InChI is InChI=1S/C20H15FN2O2/c1-13(24)14-2-4-15(5-3-14)16-10-17(12-22-11-16)20(25)23-19-8-6-18(21)7-9-19/h2-12H,1H3,(H,23,25). The summed E-state index contributed by atoms with van der Waals surface area (Å²) in [5.41, 5.74) is 3.14. The van der Waals surface area contributed by atoms with Gasteiger partial charge in [-0.05, 0) is 42.8 Å². The molecule has 0 aliphatic rings. The van der Waals surface area contributed by atoms with Gasteiger partial charge in [-0.1, -0.05) is 24.3 Å². The topological polar surface area (TPSA) is 59.1 Å². The Morgan fingerprint density at radius 1 is 0.880 bits per heavy atom. The SMILES string of the molecule is CC(=O)c1ccc(-c2cncc(C(=O)Nc3ccc(F)cc3)c2)cc1. The van der Waals surface area contributed by atoms with Crippen LogP contribution < -0.4 is 5.32 Å². The molecule has 5 heteroatoms. The molecule has 0 saturated carbocycles. The summed E-state index contributed by atoms with van der Waals surface area (Å²) in [6.45, 7) is 1.51. The van der Waals surface area contributed by atoms with Gasteiger partial charge >= 0.3 is 0 Å². The fourth-order valence-corrected chi connectivity index (χ4v) is 2.36. The molecule has 0 fully saturated rings. The summed E-state index contributed by atoms with van der Waals surface area (Å²) in [5.74, 6) is -0.700. The fourth-order valence-electron chi connectivity index (χ4n) is 2.36. The van der Waals surface area contributed by atoms with E-state index in [4.69, 9.17) is 0 Å². The molecule has 0 radical (unpaired) electrons. The molecule has 0 aliphatic heterocycles. The maximum absolute atomic E-state index is 12.9. The first kappa shape index (κ1) is 16.5. The van der Waals surface area contributed by atoms with Gasteiger partial charge in [0.25, 0.3) is 5.91 Å². The summed E-state index contributed by atoms with van der Waals surface area (Å²) in [4.78, 5) is 27.8. The Balaban J connectivity index is 1.81. The largest absolute Gasteiger partial charge is 0.322 e. The van der Waals surface area contributed by atoms with Crippen LogP contribution in [0, 0.1) is 5.82 Å². The highest BCUT2D eigenvalue weighted by atomic mass is 19.1. The predicted octanol–water partition coefficient (Wildman–Crippen LogP) is 4.34. The number of nitrogens with one attached hydrogen (secondary N) is 1. The molecule has 1 aromatic heterocycles. The summed E-state index contributed by atoms with van der Waals surface area (Å²) in [6.07, 6.45) is 3.11. The smallest absolute Gasteiger partial charge is 0.257 e. The minimum absolute atomic E-state index is 0.00268. The summed E-state index contributed by atoms with van der Waals surface area (Å²) >= 11 is 0. The van der Waals surface area contributed by atoms with E-state index in [-0.39, 0.29) is 17.5 Å². The second kappa shape index (κ2) is 7.05. The van der Waals surface area contributed by atoms with Gasteiger partial charge in [-0.3, -0.25) is 14.6 Å². The van der Waals surface area contributed by atoms with Crippen molar-refractivity contribution in [1.29, 1.82) is 0 Å². The number of ketones is 1. The summed E-state index contributed by atoms with van der Waals surface area (Å²) in [5, 5.41) is 2.70. The van der Waals surface area contributed by atoms with Gasteiger partial charge in [0.1, 0.15) is 5.82 Å². The van der Waals surface area contributed by atoms with E-state index >= 15 is 0 Å². The van der Waals surface area contributed by atoms with E-state index in [1.807, 2.05) is 12.1 Å². The van der Waals surface area contributed by atoms with E-state index < -0.39 is 0 Å². The third-order valence-electron chi connectivity index (χ3n) is 3.73. The monoisotopic (exact) mass is 334 g/mol. The average Bonchev–Trinajstić information content (AvgIpc) is 2.64. The van der Waals surface area contributed by atoms with Crippen molar-refractivity contribution >= 4 is 17.4 Å². The van der Waals surface area contributed by atoms with Gasteiger partial charge in [-0.15, -0.1) is 0 Å². The van der Waals surface area contributed by atoms with Crippen LogP contribution in [0.15, 0.2) is 67.0 Å². The van der Waals surface area contributed by atoms with Gasteiger partial charge in [-0.25, -0.2) is 4.39 Å². The minimum Gasteiger partial charge on any atom is -0.322 e. The molecule has 1 N–H and O–H groups in total. The van der Waals surface area contributed by atoms with Crippen molar-refractivity contribution in [3.05, 3.63) is 83.9 Å². The molecule has 1 heterocycles. The second-order valence-electron chi connectivity index (χ2n) is 5.56. The number of benzene rings is 2. The number of anilines is 1.